The Kier molecular flexibility index (Phi) is 5.50. The minimum atomic E-state index is -1.41. The van der Waals surface area contributed by atoms with Gasteiger partial charge in [0, 0.05) is 18.4 Å². The molecule has 0 saturated heterocycles. The third-order valence-corrected chi connectivity index (χ3v) is 6.06. The molecule has 3 heterocycles. The number of hydrogen-bond acceptors (Lipinski definition) is 5. The first-order valence-corrected chi connectivity index (χ1v) is 11.2. The molecule has 1 atom stereocenters. The van der Waals surface area contributed by atoms with E-state index in [9.17, 15) is 8.78 Å². The first kappa shape index (κ1) is 22.3. The van der Waals surface area contributed by atoms with Crippen molar-refractivity contribution in [2.75, 3.05) is 16.8 Å². The summed E-state index contributed by atoms with van der Waals surface area (Å²) >= 11 is 6.40. The lowest BCUT2D eigenvalue weighted by Gasteiger charge is -2.38. The molecule has 2 aromatic carbocycles. The van der Waals surface area contributed by atoms with E-state index in [4.69, 9.17) is 22.3 Å². The van der Waals surface area contributed by atoms with Gasteiger partial charge >= 0.3 is 0 Å². The van der Waals surface area contributed by atoms with E-state index in [2.05, 4.69) is 24.1 Å². The Morgan fingerprint density at radius 1 is 1.06 bits per heavy atom. The molecular weight excluding hydrogens is 458 g/mol. The predicted molar refractivity (Wildman–Crippen MR) is 130 cm³/mol. The molecule has 2 aromatic heterocycles. The number of hydrogen-bond donors (Lipinski definition) is 2. The van der Waals surface area contributed by atoms with Crippen molar-refractivity contribution in [3.63, 3.8) is 0 Å². The number of anilines is 2. The van der Waals surface area contributed by atoms with Crippen molar-refractivity contribution in [3.05, 3.63) is 89.3 Å². The van der Waals surface area contributed by atoms with Crippen molar-refractivity contribution >= 4 is 23.1 Å². The van der Waals surface area contributed by atoms with Crippen molar-refractivity contribution in [1.82, 2.24) is 14.5 Å². The fourth-order valence-electron chi connectivity index (χ4n) is 4.20. The van der Waals surface area contributed by atoms with Crippen molar-refractivity contribution in [3.8, 4) is 17.1 Å². The summed E-state index contributed by atoms with van der Waals surface area (Å²) in [5.41, 5.74) is 9.68. The first-order chi connectivity index (χ1) is 16.3. The van der Waals surface area contributed by atoms with E-state index in [0.29, 0.717) is 29.4 Å². The van der Waals surface area contributed by atoms with Crippen LogP contribution in [0.15, 0.2) is 67.1 Å². The molecule has 4 aromatic rings. The fourth-order valence-corrected chi connectivity index (χ4v) is 4.51. The van der Waals surface area contributed by atoms with Crippen molar-refractivity contribution in [2.24, 2.45) is 11.7 Å². The van der Waals surface area contributed by atoms with Crippen molar-refractivity contribution < 1.29 is 8.78 Å². The Labute approximate surface area is 201 Å². The Hall–Kier alpha value is -3.49. The second-order valence-corrected chi connectivity index (χ2v) is 9.11. The molecule has 34 heavy (non-hydrogen) atoms. The average Bonchev–Trinajstić information content (AvgIpc) is 3.38. The van der Waals surface area contributed by atoms with E-state index in [-0.39, 0.29) is 22.3 Å². The van der Waals surface area contributed by atoms with Crippen LogP contribution in [0, 0.1) is 17.6 Å². The number of nitrogens with one attached hydrogen (secondary N) is 1. The minimum absolute atomic E-state index is 0.164. The van der Waals surface area contributed by atoms with Crippen LogP contribution in [0.3, 0.4) is 0 Å². The molecule has 1 aliphatic rings. The van der Waals surface area contributed by atoms with Gasteiger partial charge in [0.15, 0.2) is 11.6 Å². The SMILES string of the molecule is CC(C)CN1c2nc(-c3cn(-c4ccc(F)cc4)cn3)ccc2NC1(N)c1c(F)cccc1Cl. The summed E-state index contributed by atoms with van der Waals surface area (Å²) in [7, 11) is 0. The fraction of sp³-hybridized carbons (Fsp3) is 0.200. The number of aromatic nitrogens is 3. The van der Waals surface area contributed by atoms with Gasteiger partial charge < -0.3 is 14.8 Å². The standard InChI is InChI=1S/C25H23ClF2N6/c1-15(2)12-34-24-21(32-25(34,29)23-18(26)4-3-5-19(23)28)11-10-20(31-24)22-13-33(14-30-22)17-8-6-16(27)7-9-17/h3-11,13-15,32H,12,29H2,1-2H3. The number of pyridine rings is 1. The molecule has 0 aliphatic carbocycles. The van der Waals surface area contributed by atoms with E-state index >= 15 is 0 Å². The summed E-state index contributed by atoms with van der Waals surface area (Å²) in [5.74, 6) is -1.41. The summed E-state index contributed by atoms with van der Waals surface area (Å²) < 4.78 is 30.0. The second-order valence-electron chi connectivity index (χ2n) is 8.70. The van der Waals surface area contributed by atoms with Crippen LogP contribution in [-0.4, -0.2) is 21.1 Å². The van der Waals surface area contributed by atoms with Gasteiger partial charge in [-0.3, -0.25) is 5.73 Å². The summed E-state index contributed by atoms with van der Waals surface area (Å²) in [4.78, 5) is 11.2. The van der Waals surface area contributed by atoms with E-state index in [1.165, 1.54) is 18.2 Å². The second kappa shape index (κ2) is 8.38. The number of halogens is 3. The lowest BCUT2D eigenvalue weighted by molar-refractivity contribution is 0.431. The molecule has 0 amide bonds. The number of imidazole rings is 1. The zero-order valence-electron chi connectivity index (χ0n) is 18.6. The molecule has 0 fully saturated rings. The van der Waals surface area contributed by atoms with Crippen LogP contribution >= 0.6 is 11.6 Å². The van der Waals surface area contributed by atoms with Crippen LogP contribution < -0.4 is 16.0 Å². The first-order valence-electron chi connectivity index (χ1n) is 10.9. The maximum absolute atomic E-state index is 14.9. The van der Waals surface area contributed by atoms with E-state index < -0.39 is 11.6 Å². The molecular formula is C25H23ClF2N6. The molecule has 6 nitrogen and oxygen atoms in total. The molecule has 1 aliphatic heterocycles. The predicted octanol–water partition coefficient (Wildman–Crippen LogP) is 5.52. The summed E-state index contributed by atoms with van der Waals surface area (Å²) in [6.45, 7) is 4.62. The van der Waals surface area contributed by atoms with E-state index in [0.717, 1.165) is 5.69 Å². The minimum Gasteiger partial charge on any atom is -0.343 e. The number of nitrogens with zero attached hydrogens (tertiary/aromatic N) is 4. The highest BCUT2D eigenvalue weighted by atomic mass is 35.5. The van der Waals surface area contributed by atoms with E-state index in [1.807, 2.05) is 23.2 Å². The Bertz CT molecular complexity index is 1330. The Balaban J connectivity index is 1.56. The van der Waals surface area contributed by atoms with Crippen LogP contribution in [-0.2, 0) is 5.79 Å². The van der Waals surface area contributed by atoms with Crippen molar-refractivity contribution in [1.29, 1.82) is 0 Å². The lowest BCUT2D eigenvalue weighted by atomic mass is 10.1. The number of benzene rings is 2. The van der Waals surface area contributed by atoms with Gasteiger partial charge in [-0.2, -0.15) is 0 Å². The highest BCUT2D eigenvalue weighted by Gasteiger charge is 2.46. The van der Waals surface area contributed by atoms with Gasteiger partial charge in [0.2, 0.25) is 0 Å². The summed E-state index contributed by atoms with van der Waals surface area (Å²) in [6.07, 6.45) is 3.47. The topological polar surface area (TPSA) is 72.0 Å². The monoisotopic (exact) mass is 480 g/mol. The molecule has 0 radical (unpaired) electrons. The summed E-state index contributed by atoms with van der Waals surface area (Å²) in [5, 5.41) is 3.47. The third kappa shape index (κ3) is 3.78. The van der Waals surface area contributed by atoms with Gasteiger partial charge in [0.25, 0.3) is 0 Å². The zero-order chi connectivity index (χ0) is 24.0. The lowest BCUT2D eigenvalue weighted by Crippen LogP contribution is -2.57. The highest BCUT2D eigenvalue weighted by molar-refractivity contribution is 6.31. The van der Waals surface area contributed by atoms with Crippen LogP contribution in [0.5, 0.6) is 0 Å². The molecule has 174 valence electrons. The van der Waals surface area contributed by atoms with Gasteiger partial charge in [-0.15, -0.1) is 0 Å². The summed E-state index contributed by atoms with van der Waals surface area (Å²) in [6, 6.07) is 14.3. The molecule has 0 saturated carbocycles. The molecule has 3 N–H and O–H groups in total. The van der Waals surface area contributed by atoms with Crippen LogP contribution in [0.25, 0.3) is 17.1 Å². The van der Waals surface area contributed by atoms with Gasteiger partial charge in [-0.05, 0) is 54.4 Å². The number of nitrogens with two attached hydrogens (primary N) is 1. The van der Waals surface area contributed by atoms with Crippen molar-refractivity contribution in [2.45, 2.75) is 19.6 Å². The number of fused-ring (bicyclic) bond motifs is 1. The molecule has 9 heteroatoms. The average molecular weight is 481 g/mol. The molecule has 1 unspecified atom stereocenters. The largest absolute Gasteiger partial charge is 0.343 e. The Morgan fingerprint density at radius 3 is 2.53 bits per heavy atom. The smallest absolute Gasteiger partial charge is 0.197 e. The van der Waals surface area contributed by atoms with E-state index in [1.54, 1.807) is 35.2 Å². The molecule has 5 rings (SSSR count). The third-order valence-electron chi connectivity index (χ3n) is 5.74. The highest BCUT2D eigenvalue weighted by Crippen LogP contribution is 2.44. The van der Waals surface area contributed by atoms with Crippen LogP contribution in [0.1, 0.15) is 19.4 Å². The maximum atomic E-state index is 14.9. The Morgan fingerprint density at radius 2 is 1.82 bits per heavy atom. The molecule has 0 spiro atoms. The van der Waals surface area contributed by atoms with Gasteiger partial charge in [0.05, 0.1) is 28.3 Å². The zero-order valence-corrected chi connectivity index (χ0v) is 19.4. The van der Waals surface area contributed by atoms with Gasteiger partial charge in [-0.1, -0.05) is 31.5 Å². The number of rotatable bonds is 5. The van der Waals surface area contributed by atoms with Gasteiger partial charge in [-0.25, -0.2) is 18.7 Å². The van der Waals surface area contributed by atoms with Gasteiger partial charge in [0.1, 0.15) is 17.3 Å². The maximum Gasteiger partial charge on any atom is 0.197 e. The molecule has 0 bridgehead atoms. The normalized spacial score (nSPS) is 17.2. The van der Waals surface area contributed by atoms with Crippen LogP contribution in [0.4, 0.5) is 20.3 Å². The van der Waals surface area contributed by atoms with Crippen LogP contribution in [0.2, 0.25) is 5.02 Å². The quantitative estimate of drug-likeness (QED) is 0.393.